The lowest BCUT2D eigenvalue weighted by Crippen LogP contribution is -2.44. The molecule has 0 saturated heterocycles. The summed E-state index contributed by atoms with van der Waals surface area (Å²) in [6.07, 6.45) is 0.514. The number of carbonyl (C=O) groups is 1. The molecule has 0 fully saturated rings. The second-order valence-electron chi connectivity index (χ2n) is 5.79. The fourth-order valence-electron chi connectivity index (χ4n) is 1.92. The summed E-state index contributed by atoms with van der Waals surface area (Å²) in [6.45, 7) is 5.76. The monoisotopic (exact) mass is 316 g/mol. The number of benzene rings is 1. The first-order valence-corrected chi connectivity index (χ1v) is 7.01. The van der Waals surface area contributed by atoms with Crippen molar-refractivity contribution in [2.75, 3.05) is 5.88 Å². The van der Waals surface area contributed by atoms with Gasteiger partial charge in [0.25, 0.3) is 11.6 Å². The first kappa shape index (κ1) is 17.4. The molecular weight excluding hydrogens is 299 g/mol. The maximum atomic E-state index is 13.3. The van der Waals surface area contributed by atoms with E-state index in [0.29, 0.717) is 12.3 Å². The zero-order valence-electron chi connectivity index (χ0n) is 12.2. The van der Waals surface area contributed by atoms with E-state index in [1.165, 1.54) is 0 Å². The van der Waals surface area contributed by atoms with Gasteiger partial charge in [-0.15, -0.1) is 11.6 Å². The van der Waals surface area contributed by atoms with Crippen LogP contribution in [0.1, 0.15) is 37.6 Å². The Kier molecular flexibility index (Phi) is 5.66. The quantitative estimate of drug-likeness (QED) is 0.513. The van der Waals surface area contributed by atoms with Crippen molar-refractivity contribution in [2.24, 2.45) is 5.41 Å². The maximum Gasteiger partial charge on any atom is 0.282 e. The van der Waals surface area contributed by atoms with E-state index in [4.69, 9.17) is 11.6 Å². The highest BCUT2D eigenvalue weighted by Crippen LogP contribution is 2.24. The van der Waals surface area contributed by atoms with Crippen LogP contribution in [0.25, 0.3) is 0 Å². The molecule has 1 unspecified atom stereocenters. The van der Waals surface area contributed by atoms with E-state index < -0.39 is 22.3 Å². The minimum atomic E-state index is -0.706. The lowest BCUT2D eigenvalue weighted by Gasteiger charge is -2.31. The third-order valence-electron chi connectivity index (χ3n) is 3.15. The van der Waals surface area contributed by atoms with Crippen molar-refractivity contribution >= 4 is 23.2 Å². The van der Waals surface area contributed by atoms with E-state index in [2.05, 4.69) is 5.32 Å². The molecule has 1 amide bonds. The molecule has 21 heavy (non-hydrogen) atoms. The van der Waals surface area contributed by atoms with Gasteiger partial charge in [0.2, 0.25) is 0 Å². The van der Waals surface area contributed by atoms with Crippen molar-refractivity contribution in [2.45, 2.75) is 33.2 Å². The minimum Gasteiger partial charge on any atom is -0.349 e. The van der Waals surface area contributed by atoms with Gasteiger partial charge in [-0.25, -0.2) is 4.39 Å². The Hall–Kier alpha value is -1.69. The van der Waals surface area contributed by atoms with E-state index in [-0.39, 0.29) is 17.0 Å². The summed E-state index contributed by atoms with van der Waals surface area (Å²) in [4.78, 5) is 22.5. The molecule has 0 saturated carbocycles. The third-order valence-corrected chi connectivity index (χ3v) is 3.37. The van der Waals surface area contributed by atoms with Crippen LogP contribution in [0, 0.1) is 21.3 Å². The second-order valence-corrected chi connectivity index (χ2v) is 6.17. The smallest absolute Gasteiger partial charge is 0.282 e. The Bertz CT molecular complexity index is 544. The number of nitro benzene ring substituents is 1. The normalized spacial score (nSPS) is 12.8. The molecule has 0 bridgehead atoms. The van der Waals surface area contributed by atoms with Gasteiger partial charge >= 0.3 is 0 Å². The van der Waals surface area contributed by atoms with Gasteiger partial charge in [0.1, 0.15) is 11.4 Å². The second kappa shape index (κ2) is 6.85. The average molecular weight is 317 g/mol. The number of hydrogen-bond acceptors (Lipinski definition) is 3. The molecule has 116 valence electrons. The number of nitrogens with zero attached hydrogens (tertiary/aromatic N) is 1. The number of rotatable bonds is 5. The fourth-order valence-corrected chi connectivity index (χ4v) is 2.13. The summed E-state index contributed by atoms with van der Waals surface area (Å²) in [5, 5.41) is 13.6. The molecule has 0 aliphatic carbocycles. The van der Waals surface area contributed by atoms with Crippen LogP contribution < -0.4 is 5.32 Å². The Morgan fingerprint density at radius 2 is 2.10 bits per heavy atom. The van der Waals surface area contributed by atoms with Crippen LogP contribution in [0.5, 0.6) is 0 Å². The Morgan fingerprint density at radius 1 is 1.48 bits per heavy atom. The van der Waals surface area contributed by atoms with E-state index in [0.717, 1.165) is 18.2 Å². The van der Waals surface area contributed by atoms with Crippen LogP contribution in [-0.4, -0.2) is 22.8 Å². The fraction of sp³-hybridized carbons (Fsp3) is 0.500. The summed E-state index contributed by atoms with van der Waals surface area (Å²) in [5.74, 6) is -1.03. The minimum absolute atomic E-state index is 0.271. The number of nitrogens with one attached hydrogen (secondary N) is 1. The van der Waals surface area contributed by atoms with Crippen molar-refractivity contribution in [1.29, 1.82) is 0 Å². The van der Waals surface area contributed by atoms with Gasteiger partial charge in [-0.1, -0.05) is 20.8 Å². The van der Waals surface area contributed by atoms with Gasteiger partial charge in [0.05, 0.1) is 4.92 Å². The Morgan fingerprint density at radius 3 is 2.57 bits per heavy atom. The van der Waals surface area contributed by atoms with Gasteiger partial charge < -0.3 is 5.32 Å². The average Bonchev–Trinajstić information content (AvgIpc) is 2.36. The largest absolute Gasteiger partial charge is 0.349 e. The van der Waals surface area contributed by atoms with Crippen LogP contribution in [0.15, 0.2) is 18.2 Å². The molecule has 0 aliphatic rings. The van der Waals surface area contributed by atoms with Gasteiger partial charge in [-0.3, -0.25) is 14.9 Å². The molecule has 0 aliphatic heterocycles. The van der Waals surface area contributed by atoms with E-state index >= 15 is 0 Å². The van der Waals surface area contributed by atoms with Crippen LogP contribution >= 0.6 is 11.6 Å². The Labute approximate surface area is 127 Å². The number of alkyl halides is 1. The molecule has 0 spiro atoms. The number of hydrogen-bond donors (Lipinski definition) is 1. The lowest BCUT2D eigenvalue weighted by atomic mass is 9.85. The molecule has 5 nitrogen and oxygen atoms in total. The van der Waals surface area contributed by atoms with Crippen LogP contribution in [0.4, 0.5) is 10.1 Å². The predicted octanol–water partition coefficient (Wildman–Crippen LogP) is 3.51. The summed E-state index contributed by atoms with van der Waals surface area (Å²) >= 11 is 5.72. The molecule has 7 heteroatoms. The zero-order chi connectivity index (χ0) is 16.2. The number of nitro groups is 1. The number of halogens is 2. The van der Waals surface area contributed by atoms with Crippen molar-refractivity contribution in [3.8, 4) is 0 Å². The molecule has 1 aromatic rings. The van der Waals surface area contributed by atoms with Crippen molar-refractivity contribution in [3.63, 3.8) is 0 Å². The summed E-state index contributed by atoms with van der Waals surface area (Å²) in [7, 11) is 0. The van der Waals surface area contributed by atoms with Crippen LogP contribution in [0.3, 0.4) is 0 Å². The standard InChI is InChI=1S/C14H18ClFN2O3/c1-14(2,3)12(6-7-15)17-13(19)10-8-9(16)4-5-11(10)18(20)21/h4-5,8,12H,6-7H2,1-3H3,(H,17,19). The molecule has 0 radical (unpaired) electrons. The first-order valence-electron chi connectivity index (χ1n) is 6.47. The topological polar surface area (TPSA) is 72.2 Å². The zero-order valence-corrected chi connectivity index (χ0v) is 12.9. The summed E-state index contributed by atoms with van der Waals surface area (Å²) in [6, 6.07) is 2.53. The van der Waals surface area contributed by atoms with Crippen molar-refractivity contribution in [1.82, 2.24) is 5.32 Å². The summed E-state index contributed by atoms with van der Waals surface area (Å²) < 4.78 is 13.3. The molecule has 1 rings (SSSR count). The molecule has 1 N–H and O–H groups in total. The molecular formula is C14H18ClFN2O3. The van der Waals surface area contributed by atoms with Crippen molar-refractivity contribution < 1.29 is 14.1 Å². The SMILES string of the molecule is CC(C)(C)C(CCCl)NC(=O)c1cc(F)ccc1[N+](=O)[O-]. The van der Waals surface area contributed by atoms with E-state index in [1.807, 2.05) is 20.8 Å². The Balaban J connectivity index is 3.08. The molecule has 1 aromatic carbocycles. The predicted molar refractivity (Wildman–Crippen MR) is 79.1 cm³/mol. The van der Waals surface area contributed by atoms with E-state index in [9.17, 15) is 19.3 Å². The number of carbonyl (C=O) groups excluding carboxylic acids is 1. The van der Waals surface area contributed by atoms with Gasteiger partial charge in [0, 0.05) is 18.0 Å². The molecule has 0 heterocycles. The van der Waals surface area contributed by atoms with E-state index in [1.54, 1.807) is 0 Å². The highest BCUT2D eigenvalue weighted by molar-refractivity contribution is 6.17. The van der Waals surface area contributed by atoms with Gasteiger partial charge in [-0.05, 0) is 24.0 Å². The van der Waals surface area contributed by atoms with Gasteiger partial charge in [-0.2, -0.15) is 0 Å². The lowest BCUT2D eigenvalue weighted by molar-refractivity contribution is -0.385. The molecule has 1 atom stereocenters. The van der Waals surface area contributed by atoms with Crippen molar-refractivity contribution in [3.05, 3.63) is 39.7 Å². The number of amides is 1. The highest BCUT2D eigenvalue weighted by Gasteiger charge is 2.28. The van der Waals surface area contributed by atoms with Crippen LogP contribution in [-0.2, 0) is 0 Å². The summed E-state index contributed by atoms with van der Waals surface area (Å²) in [5.41, 5.74) is -0.983. The first-order chi connectivity index (χ1) is 9.66. The maximum absolute atomic E-state index is 13.3. The van der Waals surface area contributed by atoms with Crippen LogP contribution in [0.2, 0.25) is 0 Å². The van der Waals surface area contributed by atoms with Gasteiger partial charge in [0.15, 0.2) is 0 Å². The molecule has 0 aromatic heterocycles. The third kappa shape index (κ3) is 4.67. The highest BCUT2D eigenvalue weighted by atomic mass is 35.5.